The molecule has 0 aromatic carbocycles. The average molecular weight is 200 g/mol. The lowest BCUT2D eigenvalue weighted by Gasteiger charge is -2.20. The Morgan fingerprint density at radius 3 is 2.43 bits per heavy atom. The molecule has 0 aromatic heterocycles. The molecule has 14 heavy (non-hydrogen) atoms. The van der Waals surface area contributed by atoms with E-state index in [4.69, 9.17) is 5.73 Å². The van der Waals surface area contributed by atoms with Crippen molar-refractivity contribution in [1.82, 2.24) is 4.90 Å². The summed E-state index contributed by atoms with van der Waals surface area (Å²) in [6.07, 6.45) is 1.76. The Labute approximate surface area is 87.6 Å². The van der Waals surface area contributed by atoms with Gasteiger partial charge in [0.05, 0.1) is 6.54 Å². The average Bonchev–Trinajstić information content (AvgIpc) is 2.03. The third kappa shape index (κ3) is 7.04. The van der Waals surface area contributed by atoms with Crippen molar-refractivity contribution in [3.63, 3.8) is 0 Å². The zero-order chi connectivity index (χ0) is 11.0. The predicted octanol–water partition coefficient (Wildman–Crippen LogP) is 1.27. The molecule has 0 aliphatic heterocycles. The summed E-state index contributed by atoms with van der Waals surface area (Å²) in [5, 5.41) is 0. The molecule has 0 fully saturated rings. The van der Waals surface area contributed by atoms with Crippen molar-refractivity contribution in [3.05, 3.63) is 0 Å². The Bertz CT molecular complexity index is 151. The van der Waals surface area contributed by atoms with E-state index in [1.807, 2.05) is 0 Å². The first-order valence-corrected chi connectivity index (χ1v) is 5.54. The molecular formula is C11H24N2O. The van der Waals surface area contributed by atoms with Crippen LogP contribution in [0.1, 0.15) is 33.6 Å². The second-order valence-electron chi connectivity index (χ2n) is 4.20. The minimum atomic E-state index is 0.335. The SMILES string of the molecule is CCCN(CCN)CC(=O)CC(C)C. The highest BCUT2D eigenvalue weighted by molar-refractivity contribution is 5.80. The fraction of sp³-hybridized carbons (Fsp3) is 0.909. The molecule has 0 saturated heterocycles. The van der Waals surface area contributed by atoms with Crippen LogP contribution in [0, 0.1) is 5.92 Å². The highest BCUT2D eigenvalue weighted by Gasteiger charge is 2.10. The van der Waals surface area contributed by atoms with Crippen molar-refractivity contribution in [3.8, 4) is 0 Å². The molecular weight excluding hydrogens is 176 g/mol. The first-order valence-electron chi connectivity index (χ1n) is 5.54. The van der Waals surface area contributed by atoms with Crippen LogP contribution < -0.4 is 5.73 Å². The second-order valence-corrected chi connectivity index (χ2v) is 4.20. The van der Waals surface area contributed by atoms with E-state index >= 15 is 0 Å². The van der Waals surface area contributed by atoms with Gasteiger partial charge in [-0.05, 0) is 18.9 Å². The van der Waals surface area contributed by atoms with Gasteiger partial charge in [-0.25, -0.2) is 0 Å². The predicted molar refractivity (Wildman–Crippen MR) is 60.2 cm³/mol. The second kappa shape index (κ2) is 7.94. The highest BCUT2D eigenvalue weighted by atomic mass is 16.1. The number of hydrogen-bond donors (Lipinski definition) is 1. The van der Waals surface area contributed by atoms with Crippen molar-refractivity contribution in [1.29, 1.82) is 0 Å². The number of nitrogens with zero attached hydrogens (tertiary/aromatic N) is 1. The number of nitrogens with two attached hydrogens (primary N) is 1. The summed E-state index contributed by atoms with van der Waals surface area (Å²) in [4.78, 5) is 13.7. The van der Waals surface area contributed by atoms with Gasteiger partial charge in [0, 0.05) is 19.5 Å². The Hall–Kier alpha value is -0.410. The van der Waals surface area contributed by atoms with Crippen molar-refractivity contribution in [2.45, 2.75) is 33.6 Å². The quantitative estimate of drug-likeness (QED) is 0.642. The molecule has 0 atom stereocenters. The van der Waals surface area contributed by atoms with Gasteiger partial charge >= 0.3 is 0 Å². The molecule has 2 N–H and O–H groups in total. The molecule has 0 amide bonds. The van der Waals surface area contributed by atoms with Gasteiger partial charge in [-0.2, -0.15) is 0 Å². The number of rotatable bonds is 8. The van der Waals surface area contributed by atoms with E-state index in [-0.39, 0.29) is 0 Å². The smallest absolute Gasteiger partial charge is 0.147 e. The molecule has 0 rings (SSSR count). The van der Waals surface area contributed by atoms with Gasteiger partial charge in [-0.15, -0.1) is 0 Å². The maximum absolute atomic E-state index is 11.5. The third-order valence-electron chi connectivity index (χ3n) is 2.02. The zero-order valence-corrected chi connectivity index (χ0v) is 9.75. The monoisotopic (exact) mass is 200 g/mol. The molecule has 84 valence electrons. The van der Waals surface area contributed by atoms with E-state index in [9.17, 15) is 4.79 Å². The first-order chi connectivity index (χ1) is 6.60. The molecule has 0 bridgehead atoms. The van der Waals surface area contributed by atoms with E-state index in [0.29, 0.717) is 31.2 Å². The summed E-state index contributed by atoms with van der Waals surface area (Å²) >= 11 is 0. The van der Waals surface area contributed by atoms with Crippen LogP contribution in [0.4, 0.5) is 0 Å². The topological polar surface area (TPSA) is 46.3 Å². The van der Waals surface area contributed by atoms with Gasteiger partial charge in [0.15, 0.2) is 0 Å². The summed E-state index contributed by atoms with van der Waals surface area (Å²) in [5.41, 5.74) is 5.48. The van der Waals surface area contributed by atoms with Crippen LogP contribution in [0.5, 0.6) is 0 Å². The van der Waals surface area contributed by atoms with Crippen LogP contribution in [0.2, 0.25) is 0 Å². The fourth-order valence-corrected chi connectivity index (χ4v) is 1.54. The normalized spacial score (nSPS) is 11.3. The summed E-state index contributed by atoms with van der Waals surface area (Å²) in [7, 11) is 0. The van der Waals surface area contributed by atoms with Gasteiger partial charge in [-0.3, -0.25) is 9.69 Å². The van der Waals surface area contributed by atoms with Crippen molar-refractivity contribution in [2.75, 3.05) is 26.2 Å². The molecule has 0 heterocycles. The summed E-state index contributed by atoms with van der Waals surface area (Å²) in [6.45, 7) is 9.28. The van der Waals surface area contributed by atoms with Crippen LogP contribution in [0.25, 0.3) is 0 Å². The van der Waals surface area contributed by atoms with Gasteiger partial charge in [-0.1, -0.05) is 20.8 Å². The fourth-order valence-electron chi connectivity index (χ4n) is 1.54. The van der Waals surface area contributed by atoms with E-state index < -0.39 is 0 Å². The zero-order valence-electron chi connectivity index (χ0n) is 9.75. The number of ketones is 1. The van der Waals surface area contributed by atoms with Crippen LogP contribution in [-0.4, -0.2) is 36.9 Å². The Kier molecular flexibility index (Phi) is 7.71. The molecule has 0 aliphatic rings. The van der Waals surface area contributed by atoms with Crippen molar-refractivity contribution >= 4 is 5.78 Å². The minimum absolute atomic E-state index is 0.335. The molecule has 0 spiro atoms. The molecule has 0 aliphatic carbocycles. The van der Waals surface area contributed by atoms with Crippen LogP contribution in [-0.2, 0) is 4.79 Å². The summed E-state index contributed by atoms with van der Waals surface area (Å²) in [6, 6.07) is 0. The minimum Gasteiger partial charge on any atom is -0.329 e. The van der Waals surface area contributed by atoms with E-state index in [1.165, 1.54) is 0 Å². The molecule has 0 radical (unpaired) electrons. The van der Waals surface area contributed by atoms with Crippen LogP contribution in [0.3, 0.4) is 0 Å². The Morgan fingerprint density at radius 1 is 1.36 bits per heavy atom. The molecule has 3 heteroatoms. The maximum atomic E-state index is 11.5. The molecule has 0 saturated carbocycles. The van der Waals surface area contributed by atoms with Gasteiger partial charge in [0.25, 0.3) is 0 Å². The van der Waals surface area contributed by atoms with Crippen molar-refractivity contribution < 1.29 is 4.79 Å². The number of Topliss-reactive ketones (excluding diaryl/α,β-unsaturated/α-hetero) is 1. The van der Waals surface area contributed by atoms with Gasteiger partial charge in [0.2, 0.25) is 0 Å². The van der Waals surface area contributed by atoms with Crippen LogP contribution in [0.15, 0.2) is 0 Å². The number of carbonyl (C=O) groups is 1. The Morgan fingerprint density at radius 2 is 2.00 bits per heavy atom. The number of hydrogen-bond acceptors (Lipinski definition) is 3. The van der Waals surface area contributed by atoms with E-state index in [1.54, 1.807) is 0 Å². The standard InChI is InChI=1S/C11H24N2O/c1-4-6-13(7-5-12)9-11(14)8-10(2)3/h10H,4-9,12H2,1-3H3. The molecule has 0 unspecified atom stereocenters. The summed E-state index contributed by atoms with van der Waals surface area (Å²) < 4.78 is 0. The lowest BCUT2D eigenvalue weighted by molar-refractivity contribution is -0.120. The van der Waals surface area contributed by atoms with E-state index in [0.717, 1.165) is 19.5 Å². The van der Waals surface area contributed by atoms with Crippen LogP contribution >= 0.6 is 0 Å². The van der Waals surface area contributed by atoms with E-state index in [2.05, 4.69) is 25.7 Å². The molecule has 3 nitrogen and oxygen atoms in total. The maximum Gasteiger partial charge on any atom is 0.147 e. The lowest BCUT2D eigenvalue weighted by atomic mass is 10.1. The first kappa shape index (κ1) is 13.6. The van der Waals surface area contributed by atoms with Gasteiger partial charge in [0.1, 0.15) is 5.78 Å². The number of carbonyl (C=O) groups excluding carboxylic acids is 1. The van der Waals surface area contributed by atoms with Crippen molar-refractivity contribution in [2.24, 2.45) is 11.7 Å². The lowest BCUT2D eigenvalue weighted by Crippen LogP contribution is -2.35. The molecule has 0 aromatic rings. The Balaban J connectivity index is 3.82. The largest absolute Gasteiger partial charge is 0.329 e. The highest BCUT2D eigenvalue weighted by Crippen LogP contribution is 2.02. The summed E-state index contributed by atoms with van der Waals surface area (Å²) in [5.74, 6) is 0.797. The third-order valence-corrected chi connectivity index (χ3v) is 2.02. The van der Waals surface area contributed by atoms with Gasteiger partial charge < -0.3 is 5.73 Å².